The van der Waals surface area contributed by atoms with Gasteiger partial charge < -0.3 is 9.84 Å². The third-order valence-electron chi connectivity index (χ3n) is 3.53. The summed E-state index contributed by atoms with van der Waals surface area (Å²) < 4.78 is 42.7. The monoisotopic (exact) mass is 346 g/mol. The van der Waals surface area contributed by atoms with Gasteiger partial charge in [0.2, 0.25) is 0 Å². The molecular formula is C18H13F3N2O2. The molecule has 2 aromatic carbocycles. The zero-order chi connectivity index (χ0) is 17.9. The molecule has 0 atom stereocenters. The molecule has 1 N–H and O–H groups in total. The van der Waals surface area contributed by atoms with E-state index in [1.54, 1.807) is 6.07 Å². The quantitative estimate of drug-likeness (QED) is 0.767. The first-order chi connectivity index (χ1) is 11.9. The van der Waals surface area contributed by atoms with Crippen LogP contribution in [0.4, 0.5) is 13.2 Å². The van der Waals surface area contributed by atoms with E-state index in [0.717, 1.165) is 29.8 Å². The summed E-state index contributed by atoms with van der Waals surface area (Å²) in [6, 6.07) is 15.1. The maximum atomic E-state index is 12.5. The summed E-state index contributed by atoms with van der Waals surface area (Å²) in [5.41, 5.74) is 0.855. The molecule has 0 bridgehead atoms. The van der Waals surface area contributed by atoms with E-state index in [4.69, 9.17) is 4.52 Å². The fourth-order valence-corrected chi connectivity index (χ4v) is 2.22. The number of aromatic nitrogens is 1. The summed E-state index contributed by atoms with van der Waals surface area (Å²) in [4.78, 5) is 12.0. The molecule has 0 spiro atoms. The number of alkyl halides is 3. The number of nitrogens with zero attached hydrogens (tertiary/aromatic N) is 1. The van der Waals surface area contributed by atoms with Crippen LogP contribution in [0.5, 0.6) is 0 Å². The Morgan fingerprint density at radius 1 is 1.04 bits per heavy atom. The first kappa shape index (κ1) is 16.8. The second kappa shape index (κ2) is 6.80. The van der Waals surface area contributed by atoms with Crippen LogP contribution in [0.1, 0.15) is 21.7 Å². The fraction of sp³-hybridized carbons (Fsp3) is 0.111. The van der Waals surface area contributed by atoms with Gasteiger partial charge in [0.15, 0.2) is 5.76 Å². The van der Waals surface area contributed by atoms with Gasteiger partial charge >= 0.3 is 6.18 Å². The molecule has 1 aromatic heterocycles. The highest BCUT2D eigenvalue weighted by Crippen LogP contribution is 2.29. The molecule has 3 rings (SSSR count). The normalized spacial score (nSPS) is 11.3. The molecule has 0 radical (unpaired) electrons. The van der Waals surface area contributed by atoms with Gasteiger partial charge in [-0.2, -0.15) is 13.2 Å². The van der Waals surface area contributed by atoms with Crippen LogP contribution in [-0.4, -0.2) is 11.1 Å². The lowest BCUT2D eigenvalue weighted by atomic mass is 10.1. The molecule has 128 valence electrons. The number of amides is 1. The van der Waals surface area contributed by atoms with Crippen LogP contribution < -0.4 is 5.32 Å². The highest BCUT2D eigenvalue weighted by Gasteiger charge is 2.30. The highest BCUT2D eigenvalue weighted by molar-refractivity contribution is 5.94. The van der Waals surface area contributed by atoms with Crippen LogP contribution in [0.2, 0.25) is 0 Å². The van der Waals surface area contributed by atoms with Gasteiger partial charge in [-0.25, -0.2) is 0 Å². The topological polar surface area (TPSA) is 55.1 Å². The van der Waals surface area contributed by atoms with Gasteiger partial charge in [-0.15, -0.1) is 0 Å². The SMILES string of the molecule is O=C(NCc1cc(-c2ccccc2)no1)c1ccc(C(F)(F)F)cc1. The summed E-state index contributed by atoms with van der Waals surface area (Å²) in [6.07, 6.45) is -4.43. The maximum Gasteiger partial charge on any atom is 0.416 e. The number of halogens is 3. The molecule has 0 fully saturated rings. The molecule has 4 nitrogen and oxygen atoms in total. The second-order valence-corrected chi connectivity index (χ2v) is 5.30. The van der Waals surface area contributed by atoms with E-state index in [-0.39, 0.29) is 12.1 Å². The molecule has 0 saturated heterocycles. The highest BCUT2D eigenvalue weighted by atomic mass is 19.4. The number of hydrogen-bond acceptors (Lipinski definition) is 3. The van der Waals surface area contributed by atoms with Crippen LogP contribution in [0, 0.1) is 0 Å². The summed E-state index contributed by atoms with van der Waals surface area (Å²) in [5.74, 6) is -0.0505. The second-order valence-electron chi connectivity index (χ2n) is 5.30. The molecule has 0 aliphatic heterocycles. The van der Waals surface area contributed by atoms with Crippen LogP contribution in [0.25, 0.3) is 11.3 Å². The van der Waals surface area contributed by atoms with Gasteiger partial charge in [-0.3, -0.25) is 4.79 Å². The molecule has 0 aliphatic carbocycles. The number of nitrogens with one attached hydrogen (secondary N) is 1. The molecule has 1 amide bonds. The number of carbonyl (C=O) groups is 1. The lowest BCUT2D eigenvalue weighted by Gasteiger charge is -2.07. The minimum absolute atomic E-state index is 0.0830. The molecule has 3 aromatic rings. The molecule has 0 unspecified atom stereocenters. The van der Waals surface area contributed by atoms with E-state index < -0.39 is 17.6 Å². The summed E-state index contributed by atoms with van der Waals surface area (Å²) in [7, 11) is 0. The zero-order valence-corrected chi connectivity index (χ0v) is 12.9. The van der Waals surface area contributed by atoms with Crippen molar-refractivity contribution in [3.8, 4) is 11.3 Å². The van der Waals surface area contributed by atoms with Gasteiger partial charge in [0.05, 0.1) is 12.1 Å². The van der Waals surface area contributed by atoms with E-state index in [2.05, 4.69) is 10.5 Å². The van der Waals surface area contributed by atoms with Crippen molar-refractivity contribution in [3.63, 3.8) is 0 Å². The predicted molar refractivity (Wildman–Crippen MR) is 84.6 cm³/mol. The zero-order valence-electron chi connectivity index (χ0n) is 12.9. The molecule has 1 heterocycles. The standard InChI is InChI=1S/C18H13F3N2O2/c19-18(20,21)14-8-6-13(7-9-14)17(24)22-11-15-10-16(23-25-15)12-4-2-1-3-5-12/h1-10H,11H2,(H,22,24). The Balaban J connectivity index is 1.62. The van der Waals surface area contributed by atoms with E-state index >= 15 is 0 Å². The van der Waals surface area contributed by atoms with Crippen molar-refractivity contribution in [3.05, 3.63) is 77.6 Å². The Labute approximate surface area is 141 Å². The maximum absolute atomic E-state index is 12.5. The minimum atomic E-state index is -4.43. The van der Waals surface area contributed by atoms with Gasteiger partial charge in [0.1, 0.15) is 5.69 Å². The molecule has 25 heavy (non-hydrogen) atoms. The number of rotatable bonds is 4. The molecular weight excluding hydrogens is 333 g/mol. The van der Waals surface area contributed by atoms with Crippen LogP contribution in [0.15, 0.2) is 65.2 Å². The minimum Gasteiger partial charge on any atom is -0.359 e. The fourth-order valence-electron chi connectivity index (χ4n) is 2.22. The van der Waals surface area contributed by atoms with Crippen molar-refractivity contribution in [1.29, 1.82) is 0 Å². The first-order valence-electron chi connectivity index (χ1n) is 7.40. The Morgan fingerprint density at radius 2 is 1.72 bits per heavy atom. The molecule has 0 saturated carbocycles. The first-order valence-corrected chi connectivity index (χ1v) is 7.40. The average molecular weight is 346 g/mol. The summed E-state index contributed by atoms with van der Waals surface area (Å²) >= 11 is 0. The average Bonchev–Trinajstić information content (AvgIpc) is 3.09. The third-order valence-corrected chi connectivity index (χ3v) is 3.53. The van der Waals surface area contributed by atoms with Gasteiger partial charge in [-0.1, -0.05) is 35.5 Å². The van der Waals surface area contributed by atoms with E-state index in [1.807, 2.05) is 30.3 Å². The smallest absolute Gasteiger partial charge is 0.359 e. The predicted octanol–water partition coefficient (Wildman–Crippen LogP) is 4.29. The Morgan fingerprint density at radius 3 is 2.36 bits per heavy atom. The number of benzene rings is 2. The van der Waals surface area contributed by atoms with E-state index in [1.165, 1.54) is 0 Å². The Bertz CT molecular complexity index is 856. The van der Waals surface area contributed by atoms with E-state index in [0.29, 0.717) is 11.5 Å². The van der Waals surface area contributed by atoms with Crippen molar-refractivity contribution in [1.82, 2.24) is 10.5 Å². The lowest BCUT2D eigenvalue weighted by molar-refractivity contribution is -0.137. The van der Waals surface area contributed by atoms with Crippen molar-refractivity contribution in [2.75, 3.05) is 0 Å². The van der Waals surface area contributed by atoms with Gasteiger partial charge in [-0.05, 0) is 24.3 Å². The molecule has 7 heteroatoms. The number of carbonyl (C=O) groups excluding carboxylic acids is 1. The largest absolute Gasteiger partial charge is 0.416 e. The number of hydrogen-bond donors (Lipinski definition) is 1. The van der Waals surface area contributed by atoms with Gasteiger partial charge in [0, 0.05) is 17.2 Å². The Kier molecular flexibility index (Phi) is 4.56. The van der Waals surface area contributed by atoms with Crippen molar-refractivity contribution >= 4 is 5.91 Å². The van der Waals surface area contributed by atoms with Gasteiger partial charge in [0.25, 0.3) is 5.91 Å². The van der Waals surface area contributed by atoms with Crippen molar-refractivity contribution in [2.45, 2.75) is 12.7 Å². The lowest BCUT2D eigenvalue weighted by Crippen LogP contribution is -2.22. The van der Waals surface area contributed by atoms with Crippen molar-refractivity contribution in [2.24, 2.45) is 0 Å². The Hall–Kier alpha value is -3.09. The van der Waals surface area contributed by atoms with Crippen LogP contribution >= 0.6 is 0 Å². The van der Waals surface area contributed by atoms with Crippen molar-refractivity contribution < 1.29 is 22.5 Å². The summed E-state index contributed by atoms with van der Waals surface area (Å²) in [6.45, 7) is 0.0830. The van der Waals surface area contributed by atoms with E-state index in [9.17, 15) is 18.0 Å². The molecule has 0 aliphatic rings. The van der Waals surface area contributed by atoms with Crippen LogP contribution in [0.3, 0.4) is 0 Å². The summed E-state index contributed by atoms with van der Waals surface area (Å²) in [5, 5.41) is 6.51. The van der Waals surface area contributed by atoms with Crippen LogP contribution in [-0.2, 0) is 12.7 Å². The third kappa shape index (κ3) is 4.06.